The van der Waals surface area contributed by atoms with E-state index >= 15 is 0 Å². The number of para-hydroxylation sites is 2. The van der Waals surface area contributed by atoms with Gasteiger partial charge in [0.1, 0.15) is 6.54 Å². The smallest absolute Gasteiger partial charge is 0.329 e. The van der Waals surface area contributed by atoms with Crippen molar-refractivity contribution < 1.29 is 9.53 Å². The molecule has 1 heterocycles. The number of nitrogens with one attached hydrogen (secondary N) is 1. The molecule has 120 valence electrons. The van der Waals surface area contributed by atoms with Gasteiger partial charge in [0.25, 0.3) is 0 Å². The summed E-state index contributed by atoms with van der Waals surface area (Å²) in [5.41, 5.74) is 1.55. The maximum absolute atomic E-state index is 12.5. The minimum Gasteiger partial charge on any atom is -0.385 e. The number of aromatic nitrogens is 2. The van der Waals surface area contributed by atoms with E-state index in [0.717, 1.165) is 23.9 Å². The molecule has 1 aromatic carbocycles. The van der Waals surface area contributed by atoms with Crippen LogP contribution in [0, 0.1) is 0 Å². The number of carbonyl (C=O) groups excluding carboxylic acids is 1. The number of aryl methyl sites for hydroxylation is 1. The maximum Gasteiger partial charge on any atom is 0.329 e. The Morgan fingerprint density at radius 3 is 2.55 bits per heavy atom. The number of nitrogens with zero attached hydrogens (tertiary/aromatic N) is 2. The molecule has 22 heavy (non-hydrogen) atoms. The largest absolute Gasteiger partial charge is 0.385 e. The molecule has 1 N–H and O–H groups in total. The van der Waals surface area contributed by atoms with E-state index in [1.54, 1.807) is 11.7 Å². The van der Waals surface area contributed by atoms with Crippen molar-refractivity contribution in [3.63, 3.8) is 0 Å². The first-order valence-corrected chi connectivity index (χ1v) is 7.62. The van der Waals surface area contributed by atoms with Gasteiger partial charge in [0, 0.05) is 26.8 Å². The van der Waals surface area contributed by atoms with Crippen LogP contribution in [0.5, 0.6) is 0 Å². The van der Waals surface area contributed by atoms with Crippen LogP contribution in [0.15, 0.2) is 29.1 Å². The molecule has 0 atom stereocenters. The molecule has 0 saturated heterocycles. The fourth-order valence-electron chi connectivity index (χ4n) is 2.51. The molecule has 2 rings (SSSR count). The predicted octanol–water partition coefficient (Wildman–Crippen LogP) is 1.37. The lowest BCUT2D eigenvalue weighted by Gasteiger charge is -2.05. The lowest BCUT2D eigenvalue weighted by molar-refractivity contribution is -0.121. The fraction of sp³-hybridized carbons (Fsp3) is 0.500. The van der Waals surface area contributed by atoms with Crippen molar-refractivity contribution in [2.45, 2.75) is 32.9 Å². The summed E-state index contributed by atoms with van der Waals surface area (Å²) >= 11 is 0. The van der Waals surface area contributed by atoms with Gasteiger partial charge in [0.05, 0.1) is 11.0 Å². The second-order valence-corrected chi connectivity index (χ2v) is 5.21. The van der Waals surface area contributed by atoms with E-state index in [4.69, 9.17) is 4.74 Å². The van der Waals surface area contributed by atoms with E-state index in [9.17, 15) is 9.59 Å². The molecule has 0 aliphatic carbocycles. The van der Waals surface area contributed by atoms with Crippen molar-refractivity contribution >= 4 is 16.9 Å². The molecule has 1 aromatic heterocycles. The second-order valence-electron chi connectivity index (χ2n) is 5.21. The second kappa shape index (κ2) is 7.79. The van der Waals surface area contributed by atoms with Gasteiger partial charge in [-0.05, 0) is 25.0 Å². The molecule has 0 aliphatic rings. The molecule has 0 spiro atoms. The van der Waals surface area contributed by atoms with E-state index in [-0.39, 0.29) is 18.1 Å². The Bertz CT molecular complexity index is 687. The summed E-state index contributed by atoms with van der Waals surface area (Å²) in [4.78, 5) is 24.5. The lowest BCUT2D eigenvalue weighted by Crippen LogP contribution is -2.33. The van der Waals surface area contributed by atoms with Gasteiger partial charge in [-0.2, -0.15) is 0 Å². The summed E-state index contributed by atoms with van der Waals surface area (Å²) in [6, 6.07) is 7.58. The number of ether oxygens (including phenoxy) is 1. The number of rotatable bonds is 8. The topological polar surface area (TPSA) is 65.3 Å². The predicted molar refractivity (Wildman–Crippen MR) is 86.0 cm³/mol. The molecule has 0 fully saturated rings. The molecular formula is C16H23N3O3. The van der Waals surface area contributed by atoms with Crippen LogP contribution in [0.25, 0.3) is 11.0 Å². The lowest BCUT2D eigenvalue weighted by atomic mass is 10.3. The van der Waals surface area contributed by atoms with Gasteiger partial charge >= 0.3 is 5.69 Å². The summed E-state index contributed by atoms with van der Waals surface area (Å²) in [5.74, 6) is -0.155. The highest BCUT2D eigenvalue weighted by atomic mass is 16.5. The molecule has 0 bridgehead atoms. The van der Waals surface area contributed by atoms with Crippen LogP contribution in [0.3, 0.4) is 0 Å². The summed E-state index contributed by atoms with van der Waals surface area (Å²) in [6.07, 6.45) is 1.63. The van der Waals surface area contributed by atoms with Crippen molar-refractivity contribution in [3.8, 4) is 0 Å². The van der Waals surface area contributed by atoms with Gasteiger partial charge in [0.2, 0.25) is 5.91 Å². The molecule has 0 saturated carbocycles. The quantitative estimate of drug-likeness (QED) is 0.749. The minimum absolute atomic E-state index is 0.0447. The summed E-state index contributed by atoms with van der Waals surface area (Å²) < 4.78 is 8.21. The van der Waals surface area contributed by atoms with E-state index < -0.39 is 0 Å². The van der Waals surface area contributed by atoms with Gasteiger partial charge in [-0.15, -0.1) is 0 Å². The Kier molecular flexibility index (Phi) is 5.77. The molecule has 6 heteroatoms. The third-order valence-corrected chi connectivity index (χ3v) is 3.52. The third-order valence-electron chi connectivity index (χ3n) is 3.52. The highest BCUT2D eigenvalue weighted by Gasteiger charge is 2.14. The summed E-state index contributed by atoms with van der Waals surface area (Å²) in [6.45, 7) is 3.89. The zero-order valence-corrected chi connectivity index (χ0v) is 13.2. The molecule has 2 aromatic rings. The van der Waals surface area contributed by atoms with Crippen molar-refractivity contribution in [2.75, 3.05) is 20.3 Å². The zero-order valence-electron chi connectivity index (χ0n) is 13.2. The Labute approximate surface area is 129 Å². The highest BCUT2D eigenvalue weighted by Crippen LogP contribution is 2.12. The van der Waals surface area contributed by atoms with Gasteiger partial charge in [-0.25, -0.2) is 4.79 Å². The minimum atomic E-state index is -0.155. The maximum atomic E-state index is 12.5. The summed E-state index contributed by atoms with van der Waals surface area (Å²) in [5, 5.41) is 2.81. The van der Waals surface area contributed by atoms with Gasteiger partial charge < -0.3 is 10.1 Å². The van der Waals surface area contributed by atoms with Crippen LogP contribution in [-0.4, -0.2) is 35.3 Å². The average molecular weight is 305 g/mol. The highest BCUT2D eigenvalue weighted by molar-refractivity contribution is 5.80. The monoisotopic (exact) mass is 305 g/mol. The average Bonchev–Trinajstić information content (AvgIpc) is 2.78. The third kappa shape index (κ3) is 3.57. The molecular weight excluding hydrogens is 282 g/mol. The fourth-order valence-corrected chi connectivity index (χ4v) is 2.51. The molecule has 6 nitrogen and oxygen atoms in total. The van der Waals surface area contributed by atoms with Crippen LogP contribution >= 0.6 is 0 Å². The summed E-state index contributed by atoms with van der Waals surface area (Å²) in [7, 11) is 1.63. The van der Waals surface area contributed by atoms with Crippen molar-refractivity contribution in [1.82, 2.24) is 14.5 Å². The van der Waals surface area contributed by atoms with Crippen LogP contribution in [0.1, 0.15) is 19.8 Å². The van der Waals surface area contributed by atoms with Crippen LogP contribution < -0.4 is 11.0 Å². The van der Waals surface area contributed by atoms with Crippen LogP contribution in [-0.2, 0) is 22.6 Å². The molecule has 0 unspecified atom stereocenters. The Morgan fingerprint density at radius 2 is 1.91 bits per heavy atom. The van der Waals surface area contributed by atoms with E-state index in [1.165, 1.54) is 4.57 Å². The normalized spacial score (nSPS) is 11.0. The van der Waals surface area contributed by atoms with Crippen molar-refractivity contribution in [1.29, 1.82) is 0 Å². The van der Waals surface area contributed by atoms with E-state index in [0.29, 0.717) is 19.7 Å². The molecule has 0 aliphatic heterocycles. The first-order chi connectivity index (χ1) is 10.7. The van der Waals surface area contributed by atoms with Gasteiger partial charge in [0.15, 0.2) is 0 Å². The van der Waals surface area contributed by atoms with Crippen LogP contribution in [0.4, 0.5) is 0 Å². The number of hydrogen-bond donors (Lipinski definition) is 1. The number of benzene rings is 1. The molecule has 1 amide bonds. The number of amides is 1. The van der Waals surface area contributed by atoms with E-state index in [1.807, 2.05) is 31.2 Å². The first-order valence-electron chi connectivity index (χ1n) is 7.62. The number of carbonyl (C=O) groups is 1. The number of methoxy groups -OCH3 is 1. The number of imidazole rings is 1. The SMILES string of the molecule is CCCn1c(=O)n(CC(=O)NCCCOC)c2ccccc21. The molecule has 0 radical (unpaired) electrons. The van der Waals surface area contributed by atoms with Crippen molar-refractivity contribution in [3.05, 3.63) is 34.7 Å². The Hall–Kier alpha value is -2.08. The Balaban J connectivity index is 2.18. The first kappa shape index (κ1) is 16.3. The van der Waals surface area contributed by atoms with Gasteiger partial charge in [-0.1, -0.05) is 19.1 Å². The zero-order chi connectivity index (χ0) is 15.9. The Morgan fingerprint density at radius 1 is 1.23 bits per heavy atom. The van der Waals surface area contributed by atoms with Gasteiger partial charge in [-0.3, -0.25) is 13.9 Å². The van der Waals surface area contributed by atoms with Crippen LogP contribution in [0.2, 0.25) is 0 Å². The van der Waals surface area contributed by atoms with Crippen molar-refractivity contribution in [2.24, 2.45) is 0 Å². The standard InChI is InChI=1S/C16H23N3O3/c1-3-10-18-13-7-4-5-8-14(13)19(16(18)21)12-15(20)17-9-6-11-22-2/h4-5,7-8H,3,6,9-12H2,1-2H3,(H,17,20). The number of fused-ring (bicyclic) bond motifs is 1. The number of hydrogen-bond acceptors (Lipinski definition) is 3. The van der Waals surface area contributed by atoms with E-state index in [2.05, 4.69) is 5.32 Å².